The molecule has 126 valence electrons. The predicted molar refractivity (Wildman–Crippen MR) is 90.9 cm³/mol. The number of para-hydroxylation sites is 1. The average molecular weight is 326 g/mol. The number of piperidine rings is 1. The third-order valence-electron chi connectivity index (χ3n) is 4.56. The molecule has 0 aliphatic carbocycles. The number of benzene rings is 1. The molecular formula is C19H22N2O3. The van der Waals surface area contributed by atoms with Crippen LogP contribution in [0, 0.1) is 6.92 Å². The summed E-state index contributed by atoms with van der Waals surface area (Å²) >= 11 is 0. The van der Waals surface area contributed by atoms with E-state index in [1.165, 1.54) is 0 Å². The van der Waals surface area contributed by atoms with Crippen LogP contribution < -0.4 is 4.74 Å². The number of aromatic nitrogens is 1. The van der Waals surface area contributed by atoms with E-state index in [-0.39, 0.29) is 0 Å². The monoisotopic (exact) mass is 326 g/mol. The van der Waals surface area contributed by atoms with E-state index in [0.717, 1.165) is 17.8 Å². The van der Waals surface area contributed by atoms with Gasteiger partial charge in [0.25, 0.3) is 0 Å². The Labute approximate surface area is 141 Å². The molecular weight excluding hydrogens is 304 g/mol. The van der Waals surface area contributed by atoms with Gasteiger partial charge in [-0.15, -0.1) is 0 Å². The molecule has 0 bridgehead atoms. The number of aryl methyl sites for hydroxylation is 1. The van der Waals surface area contributed by atoms with Gasteiger partial charge in [0.15, 0.2) is 0 Å². The number of ether oxygens (including phenoxy) is 1. The largest absolute Gasteiger partial charge is 0.478 e. The molecule has 1 aliphatic heterocycles. The Morgan fingerprint density at radius 3 is 2.54 bits per heavy atom. The Bertz CT molecular complexity index is 695. The summed E-state index contributed by atoms with van der Waals surface area (Å²) in [6.07, 6.45) is 2.70. The van der Waals surface area contributed by atoms with Crippen LogP contribution in [-0.4, -0.2) is 39.7 Å². The van der Waals surface area contributed by atoms with Gasteiger partial charge in [0.1, 0.15) is 5.75 Å². The van der Waals surface area contributed by atoms with E-state index in [2.05, 4.69) is 9.88 Å². The van der Waals surface area contributed by atoms with Crippen molar-refractivity contribution in [2.24, 2.45) is 0 Å². The van der Waals surface area contributed by atoms with E-state index < -0.39 is 11.6 Å². The minimum absolute atomic E-state index is 0.462. The number of likely N-dealkylation sites (tertiary alicyclic amines) is 1. The molecule has 5 heteroatoms. The van der Waals surface area contributed by atoms with Crippen LogP contribution in [0.1, 0.15) is 24.1 Å². The minimum Gasteiger partial charge on any atom is -0.478 e. The van der Waals surface area contributed by atoms with Crippen molar-refractivity contribution in [3.05, 3.63) is 59.9 Å². The Morgan fingerprint density at radius 1 is 1.21 bits per heavy atom. The Hall–Kier alpha value is -2.40. The van der Waals surface area contributed by atoms with Crippen LogP contribution in [0.15, 0.2) is 48.7 Å². The molecule has 0 saturated carbocycles. The second-order valence-electron chi connectivity index (χ2n) is 6.26. The van der Waals surface area contributed by atoms with Crippen molar-refractivity contribution in [1.29, 1.82) is 0 Å². The molecule has 3 rings (SSSR count). The number of hydrogen-bond donors (Lipinski definition) is 1. The zero-order chi connectivity index (χ0) is 17.0. The molecule has 2 aromatic rings. The molecule has 1 N–H and O–H groups in total. The molecule has 0 atom stereocenters. The lowest BCUT2D eigenvalue weighted by atomic mass is 9.90. The number of pyridine rings is 1. The summed E-state index contributed by atoms with van der Waals surface area (Å²) in [4.78, 5) is 18.5. The van der Waals surface area contributed by atoms with E-state index in [1.807, 2.05) is 49.4 Å². The lowest BCUT2D eigenvalue weighted by Gasteiger charge is -2.39. The van der Waals surface area contributed by atoms with Crippen molar-refractivity contribution in [3.8, 4) is 5.75 Å². The van der Waals surface area contributed by atoms with E-state index >= 15 is 0 Å². The van der Waals surface area contributed by atoms with Gasteiger partial charge in [0.2, 0.25) is 5.60 Å². The maximum absolute atomic E-state index is 11.9. The van der Waals surface area contributed by atoms with E-state index in [1.54, 1.807) is 6.20 Å². The van der Waals surface area contributed by atoms with Crippen molar-refractivity contribution >= 4 is 5.97 Å². The predicted octanol–water partition coefficient (Wildman–Crippen LogP) is 2.89. The quantitative estimate of drug-likeness (QED) is 0.915. The van der Waals surface area contributed by atoms with E-state index in [4.69, 9.17) is 4.74 Å². The van der Waals surface area contributed by atoms with Crippen molar-refractivity contribution < 1.29 is 14.6 Å². The average Bonchev–Trinajstić information content (AvgIpc) is 2.59. The van der Waals surface area contributed by atoms with Crippen LogP contribution in [0.3, 0.4) is 0 Å². The first-order chi connectivity index (χ1) is 11.6. The van der Waals surface area contributed by atoms with Crippen molar-refractivity contribution in [2.45, 2.75) is 31.9 Å². The summed E-state index contributed by atoms with van der Waals surface area (Å²) in [5, 5.41) is 9.76. The van der Waals surface area contributed by atoms with Crippen molar-refractivity contribution in [1.82, 2.24) is 9.88 Å². The maximum Gasteiger partial charge on any atom is 0.348 e. The number of aliphatic carboxylic acids is 1. The van der Waals surface area contributed by atoms with E-state index in [0.29, 0.717) is 31.7 Å². The Morgan fingerprint density at radius 2 is 1.92 bits per heavy atom. The van der Waals surface area contributed by atoms with Crippen LogP contribution >= 0.6 is 0 Å². The third kappa shape index (κ3) is 3.57. The van der Waals surface area contributed by atoms with Gasteiger partial charge < -0.3 is 9.84 Å². The first-order valence-electron chi connectivity index (χ1n) is 8.19. The SMILES string of the molecule is Cc1ccccc1OC1(C(=O)O)CCN(Cc2ccccn2)CC1. The highest BCUT2D eigenvalue weighted by molar-refractivity contribution is 5.78. The zero-order valence-electron chi connectivity index (χ0n) is 13.8. The molecule has 1 aromatic carbocycles. The van der Waals surface area contributed by atoms with Gasteiger partial charge in [0, 0.05) is 38.7 Å². The number of nitrogens with zero attached hydrogens (tertiary/aromatic N) is 2. The van der Waals surface area contributed by atoms with Gasteiger partial charge in [-0.25, -0.2) is 4.79 Å². The van der Waals surface area contributed by atoms with Crippen LogP contribution in [0.4, 0.5) is 0 Å². The summed E-state index contributed by atoms with van der Waals surface area (Å²) in [5.41, 5.74) is 0.807. The van der Waals surface area contributed by atoms with Gasteiger partial charge in [-0.2, -0.15) is 0 Å². The highest BCUT2D eigenvalue weighted by Crippen LogP contribution is 2.31. The molecule has 1 saturated heterocycles. The first kappa shape index (κ1) is 16.5. The molecule has 0 radical (unpaired) electrons. The number of carboxylic acid groups (broad SMARTS) is 1. The third-order valence-corrected chi connectivity index (χ3v) is 4.56. The molecule has 5 nitrogen and oxygen atoms in total. The minimum atomic E-state index is -1.15. The molecule has 1 fully saturated rings. The number of carbonyl (C=O) groups is 1. The summed E-state index contributed by atoms with van der Waals surface area (Å²) in [6, 6.07) is 13.4. The highest BCUT2D eigenvalue weighted by Gasteiger charge is 2.44. The van der Waals surface area contributed by atoms with Gasteiger partial charge in [-0.3, -0.25) is 9.88 Å². The first-order valence-corrected chi connectivity index (χ1v) is 8.19. The smallest absolute Gasteiger partial charge is 0.348 e. The lowest BCUT2D eigenvalue weighted by molar-refractivity contribution is -0.160. The van der Waals surface area contributed by atoms with Crippen LogP contribution in [0.25, 0.3) is 0 Å². The maximum atomic E-state index is 11.9. The second kappa shape index (κ2) is 7.01. The van der Waals surface area contributed by atoms with Crippen LogP contribution in [0.2, 0.25) is 0 Å². The van der Waals surface area contributed by atoms with Crippen molar-refractivity contribution in [2.75, 3.05) is 13.1 Å². The Kier molecular flexibility index (Phi) is 4.81. The molecule has 0 spiro atoms. The van der Waals surface area contributed by atoms with Crippen molar-refractivity contribution in [3.63, 3.8) is 0 Å². The molecule has 2 heterocycles. The fourth-order valence-electron chi connectivity index (χ4n) is 3.03. The standard InChI is InChI=1S/C19H22N2O3/c1-15-6-2-3-8-17(15)24-19(18(22)23)9-12-21(13-10-19)14-16-7-4-5-11-20-16/h2-8,11H,9-10,12-14H2,1H3,(H,22,23). The molecule has 24 heavy (non-hydrogen) atoms. The lowest BCUT2D eigenvalue weighted by Crippen LogP contribution is -2.53. The molecule has 0 unspecified atom stereocenters. The molecule has 1 aliphatic rings. The fraction of sp³-hybridized carbons (Fsp3) is 0.368. The van der Waals surface area contributed by atoms with Gasteiger partial charge >= 0.3 is 5.97 Å². The highest BCUT2D eigenvalue weighted by atomic mass is 16.5. The number of rotatable bonds is 5. The van der Waals surface area contributed by atoms with Gasteiger partial charge in [0.05, 0.1) is 5.69 Å². The molecule has 1 aromatic heterocycles. The fourth-order valence-corrected chi connectivity index (χ4v) is 3.03. The Balaban J connectivity index is 1.68. The second-order valence-corrected chi connectivity index (χ2v) is 6.26. The zero-order valence-corrected chi connectivity index (χ0v) is 13.8. The summed E-state index contributed by atoms with van der Waals surface area (Å²) in [6.45, 7) is 4.02. The molecule has 0 amide bonds. The van der Waals surface area contributed by atoms with Crippen LogP contribution in [-0.2, 0) is 11.3 Å². The number of carboxylic acids is 1. The normalized spacial score (nSPS) is 17.4. The van der Waals surface area contributed by atoms with E-state index in [9.17, 15) is 9.90 Å². The van der Waals surface area contributed by atoms with Gasteiger partial charge in [-0.05, 0) is 30.7 Å². The van der Waals surface area contributed by atoms with Crippen LogP contribution in [0.5, 0.6) is 5.75 Å². The summed E-state index contributed by atoms with van der Waals surface area (Å²) < 4.78 is 5.99. The topological polar surface area (TPSA) is 62.7 Å². The summed E-state index contributed by atoms with van der Waals surface area (Å²) in [5.74, 6) is -0.235. The van der Waals surface area contributed by atoms with Gasteiger partial charge in [-0.1, -0.05) is 24.3 Å². The summed E-state index contributed by atoms with van der Waals surface area (Å²) in [7, 11) is 0. The number of hydrogen-bond acceptors (Lipinski definition) is 4.